The summed E-state index contributed by atoms with van der Waals surface area (Å²) in [5.74, 6) is 1.18. The minimum Gasteiger partial charge on any atom is -0.489 e. The number of aliphatic hydroxyl groups excluding tert-OH is 1. The van der Waals surface area contributed by atoms with Crippen LogP contribution in [0.1, 0.15) is 142 Å². The average molecular weight is 488 g/mol. The maximum Gasteiger partial charge on any atom is 0.141 e. The highest BCUT2D eigenvalue weighted by atomic mass is 16.5. The molecule has 0 saturated heterocycles. The first-order chi connectivity index (χ1) is 17.1. The summed E-state index contributed by atoms with van der Waals surface area (Å²) in [6, 6.07) is 7.41. The summed E-state index contributed by atoms with van der Waals surface area (Å²) < 4.78 is 11.7. The molecule has 0 radical (unpaired) electrons. The molecule has 1 rings (SSSR count). The first-order valence-corrected chi connectivity index (χ1v) is 14.6. The van der Waals surface area contributed by atoms with Crippen molar-refractivity contribution in [2.24, 2.45) is 0 Å². The third-order valence-electron chi connectivity index (χ3n) is 6.57. The fraction of sp³-hybridized carbons (Fsp3) is 0.774. The Balaban J connectivity index is 2.03. The van der Waals surface area contributed by atoms with E-state index in [2.05, 4.69) is 13.0 Å². The van der Waals surface area contributed by atoms with E-state index < -0.39 is 0 Å². The first-order valence-electron chi connectivity index (χ1n) is 14.6. The molecule has 0 spiro atoms. The molecule has 0 aliphatic rings. The van der Waals surface area contributed by atoms with Crippen LogP contribution in [0.25, 0.3) is 0 Å². The number of unbranched alkanes of at least 4 members (excludes halogenated alkanes) is 16. The van der Waals surface area contributed by atoms with Crippen LogP contribution in [0.3, 0.4) is 0 Å². The van der Waals surface area contributed by atoms with Crippen LogP contribution in [-0.2, 0) is 0 Å². The van der Waals surface area contributed by atoms with Crippen molar-refractivity contribution in [3.63, 3.8) is 0 Å². The van der Waals surface area contributed by atoms with Gasteiger partial charge in [0, 0.05) is 6.07 Å². The number of aliphatic hydroxyl groups is 1. The quantitative estimate of drug-likeness (QED) is 0.156. The molecule has 1 aromatic carbocycles. The minimum atomic E-state index is -0.217. The van der Waals surface area contributed by atoms with Gasteiger partial charge in [-0.25, -0.2) is 0 Å². The van der Waals surface area contributed by atoms with Crippen LogP contribution in [0.15, 0.2) is 18.2 Å². The second kappa shape index (κ2) is 21.5. The van der Waals surface area contributed by atoms with Crippen molar-refractivity contribution in [1.29, 1.82) is 5.26 Å². The number of benzene rings is 1. The predicted octanol–water partition coefficient (Wildman–Crippen LogP) is 9.13. The zero-order valence-electron chi connectivity index (χ0n) is 23.0. The van der Waals surface area contributed by atoms with Crippen LogP contribution >= 0.6 is 0 Å². The van der Waals surface area contributed by atoms with E-state index in [1.54, 1.807) is 18.2 Å². The van der Waals surface area contributed by atoms with E-state index in [9.17, 15) is 10.4 Å². The van der Waals surface area contributed by atoms with Crippen molar-refractivity contribution in [3.8, 4) is 17.6 Å². The molecule has 0 heterocycles. The summed E-state index contributed by atoms with van der Waals surface area (Å²) in [6.45, 7) is 6.15. The molecule has 0 aliphatic carbocycles. The van der Waals surface area contributed by atoms with Crippen molar-refractivity contribution in [2.45, 2.75) is 149 Å². The Labute approximate surface area is 216 Å². The van der Waals surface area contributed by atoms with Crippen molar-refractivity contribution in [1.82, 2.24) is 0 Å². The summed E-state index contributed by atoms with van der Waals surface area (Å²) in [4.78, 5) is 0. The van der Waals surface area contributed by atoms with Gasteiger partial charge in [0.2, 0.25) is 0 Å². The molecule has 1 atom stereocenters. The number of hydrogen-bond acceptors (Lipinski definition) is 4. The van der Waals surface area contributed by atoms with Gasteiger partial charge in [-0.2, -0.15) is 5.26 Å². The molecule has 0 bridgehead atoms. The summed E-state index contributed by atoms with van der Waals surface area (Å²) in [7, 11) is 0. The molecule has 200 valence electrons. The fourth-order valence-electron chi connectivity index (χ4n) is 4.50. The lowest BCUT2D eigenvalue weighted by Crippen LogP contribution is -2.21. The molecule has 4 heteroatoms. The summed E-state index contributed by atoms with van der Waals surface area (Å²) >= 11 is 0. The van der Waals surface area contributed by atoms with E-state index in [-0.39, 0.29) is 18.8 Å². The third kappa shape index (κ3) is 16.5. The summed E-state index contributed by atoms with van der Waals surface area (Å²) in [5, 5.41) is 19.0. The molecule has 1 N–H and O–H groups in total. The zero-order chi connectivity index (χ0) is 25.6. The predicted molar refractivity (Wildman–Crippen MR) is 147 cm³/mol. The summed E-state index contributed by atoms with van der Waals surface area (Å²) in [5.41, 5.74) is 0.500. The minimum absolute atomic E-state index is 0.000764. The van der Waals surface area contributed by atoms with Crippen LogP contribution in [0.5, 0.6) is 11.5 Å². The maximum atomic E-state index is 9.73. The Kier molecular flexibility index (Phi) is 19.3. The van der Waals surface area contributed by atoms with Gasteiger partial charge in [0.05, 0.1) is 18.3 Å². The van der Waals surface area contributed by atoms with Crippen LogP contribution in [-0.4, -0.2) is 23.9 Å². The summed E-state index contributed by atoms with van der Waals surface area (Å²) in [6.07, 6.45) is 23.7. The molecule has 4 nitrogen and oxygen atoms in total. The molecular formula is C31H53NO3. The Bertz CT molecular complexity index is 668. The SMILES string of the molecule is CCCCCCCCCCCCCCCCCCCC(CO)Oc1ccc(C#N)c(OC(C)C)c1. The van der Waals surface area contributed by atoms with Gasteiger partial charge in [-0.1, -0.05) is 110 Å². The zero-order valence-corrected chi connectivity index (χ0v) is 23.0. The Morgan fingerprint density at radius 1 is 0.743 bits per heavy atom. The highest BCUT2D eigenvalue weighted by molar-refractivity contribution is 5.47. The van der Waals surface area contributed by atoms with Crippen molar-refractivity contribution in [3.05, 3.63) is 23.8 Å². The molecule has 0 fully saturated rings. The van der Waals surface area contributed by atoms with E-state index in [0.717, 1.165) is 12.8 Å². The van der Waals surface area contributed by atoms with E-state index >= 15 is 0 Å². The third-order valence-corrected chi connectivity index (χ3v) is 6.57. The van der Waals surface area contributed by atoms with Gasteiger partial charge in [0.1, 0.15) is 23.7 Å². The number of ether oxygens (including phenoxy) is 2. The smallest absolute Gasteiger partial charge is 0.141 e. The molecular weight excluding hydrogens is 434 g/mol. The van der Waals surface area contributed by atoms with E-state index in [4.69, 9.17) is 9.47 Å². The number of rotatable bonds is 23. The molecule has 0 saturated carbocycles. The molecule has 1 aromatic rings. The van der Waals surface area contributed by atoms with E-state index in [1.807, 2.05) is 13.8 Å². The molecule has 35 heavy (non-hydrogen) atoms. The van der Waals surface area contributed by atoms with Gasteiger partial charge in [0.15, 0.2) is 0 Å². The normalized spacial score (nSPS) is 12.0. The van der Waals surface area contributed by atoms with Gasteiger partial charge in [-0.15, -0.1) is 0 Å². The van der Waals surface area contributed by atoms with Crippen molar-refractivity contribution < 1.29 is 14.6 Å². The van der Waals surface area contributed by atoms with Gasteiger partial charge in [-0.3, -0.25) is 0 Å². The van der Waals surface area contributed by atoms with E-state index in [0.29, 0.717) is 17.1 Å². The molecule has 0 aromatic heterocycles. The lowest BCUT2D eigenvalue weighted by Gasteiger charge is -2.18. The fourth-order valence-corrected chi connectivity index (χ4v) is 4.50. The monoisotopic (exact) mass is 487 g/mol. The number of nitriles is 1. The van der Waals surface area contributed by atoms with Crippen LogP contribution < -0.4 is 9.47 Å². The van der Waals surface area contributed by atoms with Crippen LogP contribution in [0.4, 0.5) is 0 Å². The maximum absolute atomic E-state index is 9.73. The molecule has 0 amide bonds. The van der Waals surface area contributed by atoms with Crippen LogP contribution in [0.2, 0.25) is 0 Å². The Morgan fingerprint density at radius 3 is 1.66 bits per heavy atom. The highest BCUT2D eigenvalue weighted by Crippen LogP contribution is 2.27. The standard InChI is InChI=1S/C31H53NO3/c1-4-5-6-7-8-9-10-11-12-13-14-15-16-17-18-19-20-21-30(26-33)35-29-23-22-28(25-32)31(24-29)34-27(2)3/h22-24,27,30,33H,4-21,26H2,1-3H3. The lowest BCUT2D eigenvalue weighted by atomic mass is 10.0. The van der Waals surface area contributed by atoms with Gasteiger partial charge in [0.25, 0.3) is 0 Å². The van der Waals surface area contributed by atoms with Gasteiger partial charge >= 0.3 is 0 Å². The Morgan fingerprint density at radius 2 is 1.23 bits per heavy atom. The van der Waals surface area contributed by atoms with Crippen molar-refractivity contribution in [2.75, 3.05) is 6.61 Å². The first kappa shape index (κ1) is 31.3. The largest absolute Gasteiger partial charge is 0.489 e. The highest BCUT2D eigenvalue weighted by Gasteiger charge is 2.12. The van der Waals surface area contributed by atoms with Gasteiger partial charge in [-0.05, 0) is 38.8 Å². The number of hydrogen-bond donors (Lipinski definition) is 1. The molecule has 1 unspecified atom stereocenters. The topological polar surface area (TPSA) is 62.5 Å². The van der Waals surface area contributed by atoms with Crippen molar-refractivity contribution >= 4 is 0 Å². The van der Waals surface area contributed by atoms with E-state index in [1.165, 1.54) is 103 Å². The van der Waals surface area contributed by atoms with Crippen LogP contribution in [0, 0.1) is 11.3 Å². The second-order valence-corrected chi connectivity index (χ2v) is 10.3. The second-order valence-electron chi connectivity index (χ2n) is 10.3. The lowest BCUT2D eigenvalue weighted by molar-refractivity contribution is 0.105. The Hall–Kier alpha value is -1.73. The average Bonchev–Trinajstić information content (AvgIpc) is 2.85. The number of nitrogens with zero attached hydrogens (tertiary/aromatic N) is 1. The molecule has 0 aliphatic heterocycles. The van der Waals surface area contributed by atoms with Gasteiger partial charge < -0.3 is 14.6 Å².